The number of sulfonamides is 1. The summed E-state index contributed by atoms with van der Waals surface area (Å²) in [7, 11) is -1.95. The van der Waals surface area contributed by atoms with Gasteiger partial charge in [0.2, 0.25) is 15.5 Å². The lowest BCUT2D eigenvalue weighted by Crippen LogP contribution is -2.47. The number of rotatable bonds is 7. The Morgan fingerprint density at radius 2 is 1.80 bits per heavy atom. The zero-order chi connectivity index (χ0) is 29.6. The molecule has 2 aliphatic heterocycles. The number of carboxylic acid groups (broad SMARTS) is 1. The second-order valence-corrected chi connectivity index (χ2v) is 11.6. The van der Waals surface area contributed by atoms with Crippen molar-refractivity contribution in [1.29, 1.82) is 0 Å². The number of cyclic esters (lactones) is 1. The van der Waals surface area contributed by atoms with Crippen molar-refractivity contribution >= 4 is 50.3 Å². The van der Waals surface area contributed by atoms with Crippen molar-refractivity contribution in [3.63, 3.8) is 0 Å². The van der Waals surface area contributed by atoms with Crippen LogP contribution in [-0.2, 0) is 21.8 Å². The van der Waals surface area contributed by atoms with E-state index in [-0.39, 0.29) is 54.4 Å². The van der Waals surface area contributed by atoms with Gasteiger partial charge in [0, 0.05) is 46.0 Å². The first-order valence-corrected chi connectivity index (χ1v) is 14.4. The Hall–Kier alpha value is -4.31. The van der Waals surface area contributed by atoms with Crippen molar-refractivity contribution in [2.45, 2.75) is 6.10 Å². The molecule has 2 aliphatic rings. The van der Waals surface area contributed by atoms with Gasteiger partial charge in [-0.15, -0.1) is 0 Å². The largest absolute Gasteiger partial charge is 0.477 e. The molecule has 1 aromatic carbocycles. The molecule has 3 aromatic rings. The molecule has 2 N–H and O–H groups in total. The number of piperazine rings is 1. The van der Waals surface area contributed by atoms with Crippen LogP contribution < -0.4 is 24.9 Å². The predicted molar refractivity (Wildman–Crippen MR) is 145 cm³/mol. The number of halogens is 2. The van der Waals surface area contributed by atoms with E-state index in [9.17, 15) is 27.9 Å². The molecule has 0 aliphatic carbocycles. The molecule has 1 amide bonds. The van der Waals surface area contributed by atoms with E-state index in [1.54, 1.807) is 15.9 Å². The fourth-order valence-corrected chi connectivity index (χ4v) is 5.39. The number of aromatic nitrogens is 2. The van der Waals surface area contributed by atoms with Crippen LogP contribution in [0.3, 0.4) is 0 Å². The minimum atomic E-state index is -3.46. The van der Waals surface area contributed by atoms with Crippen molar-refractivity contribution in [3.8, 4) is 0 Å². The van der Waals surface area contributed by atoms with Gasteiger partial charge in [-0.1, -0.05) is 0 Å². The summed E-state index contributed by atoms with van der Waals surface area (Å²) in [5.41, 5.74) is -0.630. The van der Waals surface area contributed by atoms with E-state index < -0.39 is 50.8 Å². The highest BCUT2D eigenvalue weighted by Gasteiger charge is 2.33. The second-order valence-electron chi connectivity index (χ2n) is 9.80. The zero-order valence-corrected chi connectivity index (χ0v) is 22.8. The van der Waals surface area contributed by atoms with Gasteiger partial charge in [0.1, 0.15) is 23.1 Å². The highest BCUT2D eigenvalue weighted by molar-refractivity contribution is 7.88. The average molecular weight is 593 g/mol. The molecular formula is C25H26F2N6O7S. The van der Waals surface area contributed by atoms with Crippen molar-refractivity contribution < 1.29 is 36.6 Å². The van der Waals surface area contributed by atoms with Crippen molar-refractivity contribution in [3.05, 3.63) is 57.9 Å². The lowest BCUT2D eigenvalue weighted by atomic mass is 10.1. The Balaban J connectivity index is 1.28. The summed E-state index contributed by atoms with van der Waals surface area (Å²) in [4.78, 5) is 45.1. The standard InChI is InChI=1S/C25H26F2N6O7S/c1-30-13-17(24(35)36)21(34)16-10-19(27)23(29-22(16)30)32-7-5-31(6-8-32)20-4-3-14(9-18(20)26)33-12-15(40-25(33)37)11-28-41(2,38)39/h3-4,9-10,13,15,28H,5-8,11-12H2,1-2H3,(H,35,36)/t15-/m0/s1. The first kappa shape index (κ1) is 28.2. The molecule has 4 heterocycles. The third-order valence-corrected chi connectivity index (χ3v) is 7.62. The first-order chi connectivity index (χ1) is 19.3. The van der Waals surface area contributed by atoms with Gasteiger partial charge in [0.15, 0.2) is 11.6 Å². The number of hydrogen-bond donors (Lipinski definition) is 2. The minimum absolute atomic E-state index is 0.00138. The normalized spacial score (nSPS) is 17.8. The van der Waals surface area contributed by atoms with Crippen LogP contribution in [0.1, 0.15) is 10.4 Å². The number of carboxylic acids is 1. The first-order valence-electron chi connectivity index (χ1n) is 12.5. The van der Waals surface area contributed by atoms with Crippen LogP contribution in [-0.4, -0.2) is 86.8 Å². The third-order valence-electron chi connectivity index (χ3n) is 6.92. The van der Waals surface area contributed by atoms with Crippen LogP contribution in [0.5, 0.6) is 0 Å². The molecule has 218 valence electrons. The van der Waals surface area contributed by atoms with Gasteiger partial charge >= 0.3 is 12.1 Å². The van der Waals surface area contributed by atoms with Gasteiger partial charge in [0.05, 0.1) is 29.6 Å². The molecule has 0 saturated carbocycles. The van der Waals surface area contributed by atoms with E-state index in [1.165, 1.54) is 28.6 Å². The summed E-state index contributed by atoms with van der Waals surface area (Å²) in [6.45, 7) is 1.15. The summed E-state index contributed by atoms with van der Waals surface area (Å²) in [5, 5.41) is 9.10. The van der Waals surface area contributed by atoms with Crippen LogP contribution in [0, 0.1) is 11.6 Å². The fraction of sp³-hybridized carbons (Fsp3) is 0.360. The topological polar surface area (TPSA) is 154 Å². The summed E-state index contributed by atoms with van der Waals surface area (Å²) < 4.78 is 61.6. The maximum atomic E-state index is 15.2. The molecule has 0 spiro atoms. The Morgan fingerprint density at radius 3 is 2.44 bits per heavy atom. The van der Waals surface area contributed by atoms with E-state index in [1.807, 2.05) is 0 Å². The summed E-state index contributed by atoms with van der Waals surface area (Å²) in [6, 6.07) is 5.28. The molecule has 0 radical (unpaired) electrons. The van der Waals surface area contributed by atoms with Gasteiger partial charge in [-0.3, -0.25) is 9.69 Å². The van der Waals surface area contributed by atoms with Gasteiger partial charge in [-0.05, 0) is 24.3 Å². The number of pyridine rings is 2. The smallest absolute Gasteiger partial charge is 0.414 e. The van der Waals surface area contributed by atoms with Crippen LogP contribution in [0.2, 0.25) is 0 Å². The van der Waals surface area contributed by atoms with Gasteiger partial charge in [-0.2, -0.15) is 0 Å². The molecule has 2 aromatic heterocycles. The number of hydrogen-bond acceptors (Lipinski definition) is 9. The van der Waals surface area contributed by atoms with Gasteiger partial charge in [0.25, 0.3) is 0 Å². The van der Waals surface area contributed by atoms with E-state index in [2.05, 4.69) is 9.71 Å². The van der Waals surface area contributed by atoms with E-state index >= 15 is 8.78 Å². The molecule has 1 atom stereocenters. The molecular weight excluding hydrogens is 566 g/mol. The van der Waals surface area contributed by atoms with E-state index in [0.29, 0.717) is 13.1 Å². The van der Waals surface area contributed by atoms with E-state index in [0.717, 1.165) is 18.5 Å². The van der Waals surface area contributed by atoms with Gasteiger partial charge < -0.3 is 24.2 Å². The number of carbonyl (C=O) groups is 2. The number of amides is 1. The zero-order valence-electron chi connectivity index (χ0n) is 22.0. The molecule has 0 unspecified atom stereocenters. The number of anilines is 3. The number of ether oxygens (including phenoxy) is 1. The fourth-order valence-electron chi connectivity index (χ4n) is 4.90. The number of aromatic carboxylic acids is 1. The lowest BCUT2D eigenvalue weighted by Gasteiger charge is -2.37. The Morgan fingerprint density at radius 1 is 1.12 bits per heavy atom. The Labute approximate surface area is 232 Å². The van der Waals surface area contributed by atoms with Crippen LogP contribution >= 0.6 is 0 Å². The molecule has 2 saturated heterocycles. The second kappa shape index (κ2) is 10.6. The molecule has 41 heavy (non-hydrogen) atoms. The monoisotopic (exact) mass is 592 g/mol. The summed E-state index contributed by atoms with van der Waals surface area (Å²) >= 11 is 0. The van der Waals surface area contributed by atoms with Crippen molar-refractivity contribution in [2.24, 2.45) is 7.05 Å². The third kappa shape index (κ3) is 5.65. The number of nitrogens with one attached hydrogen (secondary N) is 1. The maximum Gasteiger partial charge on any atom is 0.414 e. The molecule has 13 nitrogen and oxygen atoms in total. The molecule has 5 rings (SSSR count). The molecule has 0 bridgehead atoms. The number of benzene rings is 1. The minimum Gasteiger partial charge on any atom is -0.477 e. The summed E-state index contributed by atoms with van der Waals surface area (Å²) in [6.07, 6.45) is 0.693. The predicted octanol–water partition coefficient (Wildman–Crippen LogP) is 1.11. The number of carbonyl (C=O) groups excluding carboxylic acids is 1. The highest BCUT2D eigenvalue weighted by atomic mass is 32.2. The van der Waals surface area contributed by atoms with E-state index in [4.69, 9.17) is 4.74 Å². The highest BCUT2D eigenvalue weighted by Crippen LogP contribution is 2.30. The number of nitrogens with zero attached hydrogens (tertiary/aromatic N) is 5. The molecule has 16 heteroatoms. The quantitative estimate of drug-likeness (QED) is 0.408. The Kier molecular flexibility index (Phi) is 7.29. The van der Waals surface area contributed by atoms with Crippen molar-refractivity contribution in [2.75, 3.05) is 60.2 Å². The molecule has 2 fully saturated rings. The summed E-state index contributed by atoms with van der Waals surface area (Å²) in [5.74, 6) is -2.78. The SMILES string of the molecule is Cn1cc(C(=O)O)c(=O)c2cc(F)c(N3CCN(c4ccc(N5C[C@H](CNS(C)(=O)=O)OC5=O)cc4F)CC3)nc21. The van der Waals surface area contributed by atoms with Crippen LogP contribution in [0.15, 0.2) is 35.3 Å². The van der Waals surface area contributed by atoms with Crippen molar-refractivity contribution in [1.82, 2.24) is 14.3 Å². The van der Waals surface area contributed by atoms with Crippen LogP contribution in [0.4, 0.5) is 30.8 Å². The maximum absolute atomic E-state index is 15.2. The number of fused-ring (bicyclic) bond motifs is 1. The number of aryl methyl sites for hydroxylation is 1. The average Bonchev–Trinajstić information content (AvgIpc) is 3.29. The van der Waals surface area contributed by atoms with Gasteiger partial charge in [-0.25, -0.2) is 36.5 Å². The Bertz CT molecular complexity index is 1720. The lowest BCUT2D eigenvalue weighted by molar-refractivity contribution is 0.0694. The van der Waals surface area contributed by atoms with Crippen LogP contribution in [0.25, 0.3) is 11.0 Å².